The first kappa shape index (κ1) is 21.4. The Morgan fingerprint density at radius 2 is 1.79 bits per heavy atom. The summed E-state index contributed by atoms with van der Waals surface area (Å²) in [5, 5.41) is 6.64. The summed E-state index contributed by atoms with van der Waals surface area (Å²) in [4.78, 5) is 29.6. The number of benzene rings is 2. The number of carbonyl (C=O) groups excluding carboxylic acids is 1. The third-order valence-electron chi connectivity index (χ3n) is 4.56. The summed E-state index contributed by atoms with van der Waals surface area (Å²) in [6.45, 7) is 0. The van der Waals surface area contributed by atoms with E-state index in [4.69, 9.17) is 10.5 Å². The van der Waals surface area contributed by atoms with E-state index in [-0.39, 0.29) is 5.56 Å². The normalized spacial score (nSPS) is 10.8. The van der Waals surface area contributed by atoms with Crippen molar-refractivity contribution in [2.45, 2.75) is 0 Å². The van der Waals surface area contributed by atoms with E-state index in [1.165, 1.54) is 42.7 Å². The summed E-state index contributed by atoms with van der Waals surface area (Å²) in [6, 6.07) is 16.7. The number of pyridine rings is 1. The van der Waals surface area contributed by atoms with Gasteiger partial charge in [0.1, 0.15) is 22.8 Å². The van der Waals surface area contributed by atoms with Crippen molar-refractivity contribution in [3.63, 3.8) is 0 Å². The van der Waals surface area contributed by atoms with Gasteiger partial charge in [-0.1, -0.05) is 0 Å². The number of ether oxygens (including phenoxy) is 1. The number of amides is 1. The third-order valence-corrected chi connectivity index (χ3v) is 4.56. The Hall–Kier alpha value is -4.79. The quantitative estimate of drug-likeness (QED) is 0.470. The lowest BCUT2D eigenvalue weighted by Crippen LogP contribution is -2.29. The number of rotatable bonds is 6. The van der Waals surface area contributed by atoms with E-state index in [2.05, 4.69) is 15.4 Å². The lowest BCUT2D eigenvalue weighted by molar-refractivity contribution is 0.102. The lowest BCUT2D eigenvalue weighted by Gasteiger charge is -2.10. The van der Waals surface area contributed by atoms with E-state index in [1.807, 2.05) is 0 Å². The number of aromatic nitrogens is 3. The zero-order valence-electron chi connectivity index (χ0n) is 17.2. The van der Waals surface area contributed by atoms with Gasteiger partial charge in [-0.3, -0.25) is 14.6 Å². The summed E-state index contributed by atoms with van der Waals surface area (Å²) in [6.07, 6.45) is 5.95. The molecule has 0 saturated carbocycles. The molecule has 4 aromatic rings. The van der Waals surface area contributed by atoms with Gasteiger partial charge in [0.25, 0.3) is 11.5 Å². The van der Waals surface area contributed by atoms with Crippen molar-refractivity contribution in [1.29, 1.82) is 0 Å². The highest BCUT2D eigenvalue weighted by atomic mass is 19.1. The minimum Gasteiger partial charge on any atom is -0.455 e. The van der Waals surface area contributed by atoms with Gasteiger partial charge in [-0.15, -0.1) is 0 Å². The van der Waals surface area contributed by atoms with Crippen molar-refractivity contribution in [2.75, 3.05) is 5.32 Å². The molecule has 0 atom stereocenters. The molecule has 3 N–H and O–H groups in total. The highest BCUT2D eigenvalue weighted by molar-refractivity contribution is 6.04. The molecular formula is C24H18FN5O3. The molecule has 0 saturated heterocycles. The molecule has 0 spiro atoms. The predicted molar refractivity (Wildman–Crippen MR) is 122 cm³/mol. The standard InChI is InChI=1S/C24H18FN5O3/c25-16-3-7-18(8-4-16)30-24(32)20(12-15-28-30)23(31)29-17-5-9-19(10-6-17)33-22-2-1-14-27-21(22)11-13-26/h1-15H,26H2,(H,29,31). The van der Waals surface area contributed by atoms with Crippen LogP contribution < -0.4 is 21.3 Å². The van der Waals surface area contributed by atoms with Gasteiger partial charge in [-0.2, -0.15) is 9.78 Å². The van der Waals surface area contributed by atoms with Gasteiger partial charge >= 0.3 is 0 Å². The molecule has 164 valence electrons. The van der Waals surface area contributed by atoms with Gasteiger partial charge in [0.15, 0.2) is 5.75 Å². The van der Waals surface area contributed by atoms with Gasteiger partial charge in [0.2, 0.25) is 0 Å². The molecule has 0 bridgehead atoms. The smallest absolute Gasteiger partial charge is 0.284 e. The number of hydrogen-bond donors (Lipinski definition) is 2. The molecule has 0 fully saturated rings. The molecule has 0 aliphatic rings. The second-order valence-electron chi connectivity index (χ2n) is 6.76. The van der Waals surface area contributed by atoms with Gasteiger partial charge < -0.3 is 15.8 Å². The first-order chi connectivity index (χ1) is 16.0. The number of carbonyl (C=O) groups is 1. The van der Waals surface area contributed by atoms with E-state index in [9.17, 15) is 14.0 Å². The Bertz CT molecular complexity index is 1370. The maximum atomic E-state index is 13.2. The average molecular weight is 443 g/mol. The van der Waals surface area contributed by atoms with Crippen LogP contribution in [-0.2, 0) is 0 Å². The molecule has 0 aliphatic heterocycles. The average Bonchev–Trinajstić information content (AvgIpc) is 2.82. The molecule has 4 rings (SSSR count). The van der Waals surface area contributed by atoms with Crippen LogP contribution in [0.15, 0.2) is 90.1 Å². The van der Waals surface area contributed by atoms with Crippen LogP contribution in [0.3, 0.4) is 0 Å². The molecular weight excluding hydrogens is 425 g/mol. The van der Waals surface area contributed by atoms with Crippen LogP contribution in [0.1, 0.15) is 16.1 Å². The number of anilines is 1. The SMILES string of the molecule is NC=Cc1ncccc1Oc1ccc(NC(=O)c2ccnn(-c3ccc(F)cc3)c2=O)cc1. The fourth-order valence-corrected chi connectivity index (χ4v) is 2.99. The molecule has 1 amide bonds. The van der Waals surface area contributed by atoms with Crippen molar-refractivity contribution in [3.8, 4) is 17.2 Å². The topological polar surface area (TPSA) is 112 Å². The highest BCUT2D eigenvalue weighted by Gasteiger charge is 2.14. The molecule has 0 unspecified atom stereocenters. The summed E-state index contributed by atoms with van der Waals surface area (Å²) < 4.78 is 20.0. The Balaban J connectivity index is 1.50. The summed E-state index contributed by atoms with van der Waals surface area (Å²) >= 11 is 0. The predicted octanol–water partition coefficient (Wildman–Crippen LogP) is 3.74. The van der Waals surface area contributed by atoms with Crippen LogP contribution in [0.25, 0.3) is 11.8 Å². The van der Waals surface area contributed by atoms with Gasteiger partial charge in [-0.05, 0) is 79.0 Å². The van der Waals surface area contributed by atoms with Crippen molar-refractivity contribution >= 4 is 17.7 Å². The fraction of sp³-hybridized carbons (Fsp3) is 0. The molecule has 2 aromatic heterocycles. The monoisotopic (exact) mass is 443 g/mol. The fourth-order valence-electron chi connectivity index (χ4n) is 2.99. The van der Waals surface area contributed by atoms with E-state index in [1.54, 1.807) is 48.7 Å². The van der Waals surface area contributed by atoms with Gasteiger partial charge in [-0.25, -0.2) is 4.39 Å². The number of nitrogens with one attached hydrogen (secondary N) is 1. The second kappa shape index (κ2) is 9.56. The minimum atomic E-state index is -0.626. The van der Waals surface area contributed by atoms with E-state index in [0.717, 1.165) is 4.68 Å². The van der Waals surface area contributed by atoms with Crippen molar-refractivity contribution < 1.29 is 13.9 Å². The number of halogens is 1. The Labute approximate surface area is 187 Å². The van der Waals surface area contributed by atoms with Gasteiger partial charge in [0, 0.05) is 18.1 Å². The van der Waals surface area contributed by atoms with Crippen LogP contribution in [0.4, 0.5) is 10.1 Å². The molecule has 8 nitrogen and oxygen atoms in total. The van der Waals surface area contributed by atoms with Crippen LogP contribution in [0.5, 0.6) is 11.5 Å². The first-order valence-electron chi connectivity index (χ1n) is 9.82. The second-order valence-corrected chi connectivity index (χ2v) is 6.76. The Morgan fingerprint density at radius 1 is 1.03 bits per heavy atom. The highest BCUT2D eigenvalue weighted by Crippen LogP contribution is 2.26. The van der Waals surface area contributed by atoms with Crippen LogP contribution in [0, 0.1) is 5.82 Å². The van der Waals surface area contributed by atoms with Crippen LogP contribution >= 0.6 is 0 Å². The summed E-state index contributed by atoms with van der Waals surface area (Å²) in [5.74, 6) is 0.00244. The van der Waals surface area contributed by atoms with E-state index in [0.29, 0.717) is 28.6 Å². The number of nitrogens with two attached hydrogens (primary N) is 1. The minimum absolute atomic E-state index is 0.108. The van der Waals surface area contributed by atoms with E-state index >= 15 is 0 Å². The molecule has 0 radical (unpaired) electrons. The molecule has 0 aliphatic carbocycles. The van der Waals surface area contributed by atoms with Crippen molar-refractivity contribution in [2.24, 2.45) is 5.73 Å². The molecule has 33 heavy (non-hydrogen) atoms. The summed E-state index contributed by atoms with van der Waals surface area (Å²) in [5.41, 5.74) is 6.09. The Morgan fingerprint density at radius 3 is 2.52 bits per heavy atom. The number of hydrogen-bond acceptors (Lipinski definition) is 6. The lowest BCUT2D eigenvalue weighted by atomic mass is 10.2. The zero-order valence-corrected chi connectivity index (χ0v) is 17.2. The third kappa shape index (κ3) is 4.93. The zero-order chi connectivity index (χ0) is 23.2. The van der Waals surface area contributed by atoms with Crippen LogP contribution in [0.2, 0.25) is 0 Å². The van der Waals surface area contributed by atoms with Crippen molar-refractivity contribution in [3.05, 3.63) is 113 Å². The van der Waals surface area contributed by atoms with Crippen molar-refractivity contribution in [1.82, 2.24) is 14.8 Å². The maximum Gasteiger partial charge on any atom is 0.284 e. The van der Waals surface area contributed by atoms with E-state index < -0.39 is 17.3 Å². The number of nitrogens with zero attached hydrogens (tertiary/aromatic N) is 3. The summed E-state index contributed by atoms with van der Waals surface area (Å²) in [7, 11) is 0. The molecule has 9 heteroatoms. The first-order valence-corrected chi connectivity index (χ1v) is 9.82. The largest absolute Gasteiger partial charge is 0.455 e. The molecule has 2 heterocycles. The maximum absolute atomic E-state index is 13.2. The van der Waals surface area contributed by atoms with Crippen LogP contribution in [-0.4, -0.2) is 20.7 Å². The van der Waals surface area contributed by atoms with Gasteiger partial charge in [0.05, 0.1) is 5.69 Å². The Kier molecular flexibility index (Phi) is 6.21. The molecule has 2 aromatic carbocycles.